The maximum absolute atomic E-state index is 2.54. The van der Waals surface area contributed by atoms with E-state index in [4.69, 9.17) is 0 Å². The van der Waals surface area contributed by atoms with Gasteiger partial charge in [0.15, 0.2) is 7.95 Å². The lowest BCUT2D eigenvalue weighted by molar-refractivity contribution is 0.740. The maximum atomic E-state index is 2.54. The maximum Gasteiger partial charge on any atom is 0.157 e. The van der Waals surface area contributed by atoms with Gasteiger partial charge >= 0.3 is 0 Å². The number of rotatable bonds is 4. The molecule has 155 valence electrons. The van der Waals surface area contributed by atoms with E-state index < -0.39 is 7.95 Å². The van der Waals surface area contributed by atoms with Crippen LogP contribution in [0.15, 0.2) is 73.7 Å². The Hall–Kier alpha value is -1.25. The third kappa shape index (κ3) is 3.10. The Morgan fingerprint density at radius 2 is 0.862 bits per heavy atom. The molecule has 0 nitrogen and oxygen atoms in total. The highest BCUT2D eigenvalue weighted by Crippen LogP contribution is 2.68. The van der Waals surface area contributed by atoms with E-state index in [2.05, 4.69) is 112 Å². The summed E-state index contributed by atoms with van der Waals surface area (Å²) >= 11 is 2.18. The second kappa shape index (κ2) is 7.46. The van der Waals surface area contributed by atoms with E-state index in [0.717, 1.165) is 0 Å². The van der Waals surface area contributed by atoms with Crippen molar-refractivity contribution in [1.29, 1.82) is 0 Å². The van der Waals surface area contributed by atoms with Crippen LogP contribution in [0.4, 0.5) is 0 Å². The first-order chi connectivity index (χ1) is 13.4. The van der Waals surface area contributed by atoms with Crippen molar-refractivity contribution < 1.29 is 0 Å². The van der Waals surface area contributed by atoms with Gasteiger partial charge < -0.3 is 0 Å². The summed E-state index contributed by atoms with van der Waals surface area (Å²) in [5.74, 6) is 0. The highest BCUT2D eigenvalue weighted by Gasteiger charge is 2.56. The van der Waals surface area contributed by atoms with Gasteiger partial charge in [-0.15, -0.1) is 0 Å². The summed E-state index contributed by atoms with van der Waals surface area (Å²) in [6.07, 6.45) is 0. The topological polar surface area (TPSA) is 0 Å². The van der Waals surface area contributed by atoms with Gasteiger partial charge in [0.1, 0.15) is 0 Å². The molecule has 1 aromatic rings. The van der Waals surface area contributed by atoms with Crippen molar-refractivity contribution in [2.24, 2.45) is 0 Å². The molecular formula is C27H37SSi. The van der Waals surface area contributed by atoms with Crippen LogP contribution < -0.4 is 0 Å². The first-order valence-corrected chi connectivity index (χ1v) is 13.8. The quantitative estimate of drug-likeness (QED) is 0.437. The van der Waals surface area contributed by atoms with Crippen molar-refractivity contribution in [3.05, 3.63) is 74.4 Å². The molecule has 0 bridgehead atoms. The van der Waals surface area contributed by atoms with Crippen LogP contribution in [0.5, 0.6) is 0 Å². The lowest BCUT2D eigenvalue weighted by Crippen LogP contribution is -2.40. The highest BCUT2D eigenvalue weighted by atomic mass is 32.4. The molecule has 0 fully saturated rings. The van der Waals surface area contributed by atoms with Crippen LogP contribution >= 0.6 is 11.2 Å². The second-order valence-electron chi connectivity index (χ2n) is 9.49. The average Bonchev–Trinajstić information content (AvgIpc) is 2.95. The zero-order valence-corrected chi connectivity index (χ0v) is 22.0. The molecule has 0 amide bonds. The normalized spacial score (nSPS) is 21.4. The summed E-state index contributed by atoms with van der Waals surface area (Å²) < 4.78 is 0. The molecule has 1 radical (unpaired) electrons. The summed E-state index contributed by atoms with van der Waals surface area (Å²) in [7, 11) is -1.00. The van der Waals surface area contributed by atoms with Crippen molar-refractivity contribution in [3.63, 3.8) is 0 Å². The SMILES string of the molecule is CC1=C(C)C(C)([Si](Sc2ccc(C)cc2)C2(C)C(C)=C(C)C(C)=C2C)C(C)=C1C. The fourth-order valence-electron chi connectivity index (χ4n) is 5.30. The van der Waals surface area contributed by atoms with Gasteiger partial charge in [0.25, 0.3) is 0 Å². The average molecular weight is 422 g/mol. The fourth-order valence-corrected chi connectivity index (χ4v) is 13.5. The van der Waals surface area contributed by atoms with Crippen LogP contribution in [-0.4, -0.2) is 7.95 Å². The lowest BCUT2D eigenvalue weighted by atomic mass is 9.96. The Bertz CT molecular complexity index is 876. The smallest absolute Gasteiger partial charge is 0.151 e. The van der Waals surface area contributed by atoms with Crippen molar-refractivity contribution in [2.45, 2.75) is 91.1 Å². The third-order valence-electron chi connectivity index (χ3n) is 8.52. The van der Waals surface area contributed by atoms with Gasteiger partial charge in [-0.2, -0.15) is 11.2 Å². The highest BCUT2D eigenvalue weighted by molar-refractivity contribution is 8.26. The van der Waals surface area contributed by atoms with E-state index in [9.17, 15) is 0 Å². The fraction of sp³-hybridized carbons (Fsp3) is 0.481. The van der Waals surface area contributed by atoms with Gasteiger partial charge in [-0.25, -0.2) is 0 Å². The van der Waals surface area contributed by atoms with Gasteiger partial charge in [0, 0.05) is 15.0 Å². The molecule has 3 rings (SSSR count). The number of allylic oxidation sites excluding steroid dienone is 8. The van der Waals surface area contributed by atoms with Crippen molar-refractivity contribution in [2.75, 3.05) is 0 Å². The van der Waals surface area contributed by atoms with Crippen LogP contribution in [0.25, 0.3) is 0 Å². The minimum Gasteiger partial charge on any atom is -0.151 e. The van der Waals surface area contributed by atoms with Gasteiger partial charge in [-0.1, -0.05) is 53.8 Å². The molecule has 29 heavy (non-hydrogen) atoms. The standard InChI is InChI=1S/C27H37SSi/c1-16-12-14-25(15-13-16)28-29(26(10)21(6)17(2)18(3)22(26)7)27(11)23(8)19(4)20(5)24(27)9/h12-15H,1-11H3. The zero-order valence-electron chi connectivity index (χ0n) is 20.2. The number of benzene rings is 1. The zero-order chi connectivity index (χ0) is 21.9. The first kappa shape index (κ1) is 22.4. The van der Waals surface area contributed by atoms with Gasteiger partial charge in [0.2, 0.25) is 0 Å². The number of hydrogen-bond donors (Lipinski definition) is 0. The molecule has 0 spiro atoms. The van der Waals surface area contributed by atoms with E-state index in [0.29, 0.717) is 0 Å². The molecule has 1 aromatic carbocycles. The van der Waals surface area contributed by atoms with Crippen molar-refractivity contribution >= 4 is 19.2 Å². The van der Waals surface area contributed by atoms with Crippen LogP contribution in [0.3, 0.4) is 0 Å². The van der Waals surface area contributed by atoms with E-state index in [1.165, 1.54) is 32.8 Å². The minimum atomic E-state index is -1.00. The molecule has 0 N–H and O–H groups in total. The molecule has 0 heterocycles. The predicted molar refractivity (Wildman–Crippen MR) is 133 cm³/mol. The Labute approximate surface area is 184 Å². The largest absolute Gasteiger partial charge is 0.157 e. The van der Waals surface area contributed by atoms with Gasteiger partial charge in [-0.05, 0) is 96.7 Å². The molecule has 0 aliphatic heterocycles. The van der Waals surface area contributed by atoms with Crippen LogP contribution in [0.2, 0.25) is 10.1 Å². The van der Waals surface area contributed by atoms with Crippen LogP contribution in [0.1, 0.15) is 74.8 Å². The van der Waals surface area contributed by atoms with E-state index in [1.807, 2.05) is 0 Å². The first-order valence-electron chi connectivity index (χ1n) is 10.7. The monoisotopic (exact) mass is 421 g/mol. The Morgan fingerprint density at radius 3 is 1.17 bits per heavy atom. The van der Waals surface area contributed by atoms with E-state index in [1.54, 1.807) is 22.3 Å². The molecular weight excluding hydrogens is 384 g/mol. The van der Waals surface area contributed by atoms with Crippen molar-refractivity contribution in [3.8, 4) is 0 Å². The number of hydrogen-bond acceptors (Lipinski definition) is 1. The van der Waals surface area contributed by atoms with Gasteiger partial charge in [0.05, 0.1) is 0 Å². The number of aryl methyl sites for hydroxylation is 1. The summed E-state index contributed by atoms with van der Waals surface area (Å²) in [6, 6.07) is 9.19. The molecule has 0 unspecified atom stereocenters. The Kier molecular flexibility index (Phi) is 5.77. The second-order valence-corrected chi connectivity index (χ2v) is 14.7. The van der Waals surface area contributed by atoms with Crippen LogP contribution in [-0.2, 0) is 0 Å². The summed E-state index contributed by atoms with van der Waals surface area (Å²) in [4.78, 5) is 1.41. The molecule has 0 atom stereocenters. The Morgan fingerprint density at radius 1 is 0.552 bits per heavy atom. The molecule has 2 aliphatic carbocycles. The van der Waals surface area contributed by atoms with E-state index >= 15 is 0 Å². The molecule has 2 aliphatic rings. The summed E-state index contributed by atoms with van der Waals surface area (Å²) in [6.45, 7) is 26.2. The summed E-state index contributed by atoms with van der Waals surface area (Å²) in [5, 5.41) is 0.271. The lowest BCUT2D eigenvalue weighted by Gasteiger charge is -2.47. The van der Waals surface area contributed by atoms with E-state index in [-0.39, 0.29) is 10.1 Å². The van der Waals surface area contributed by atoms with Crippen LogP contribution in [0, 0.1) is 6.92 Å². The van der Waals surface area contributed by atoms with Gasteiger partial charge in [-0.3, -0.25) is 0 Å². The molecule has 2 heteroatoms. The third-order valence-corrected chi connectivity index (χ3v) is 16.3. The minimum absolute atomic E-state index is 0.135. The molecule has 0 aromatic heterocycles. The molecule has 0 saturated carbocycles. The summed E-state index contributed by atoms with van der Waals surface area (Å²) in [5.41, 5.74) is 13.7. The predicted octanol–water partition coefficient (Wildman–Crippen LogP) is 8.97. The van der Waals surface area contributed by atoms with Crippen molar-refractivity contribution in [1.82, 2.24) is 0 Å². The Balaban J connectivity index is 2.26. The molecule has 0 saturated heterocycles.